The molecule has 1 rings (SSSR count). The van der Waals surface area contributed by atoms with E-state index < -0.39 is 5.54 Å². The molecule has 0 aliphatic carbocycles. The van der Waals surface area contributed by atoms with Gasteiger partial charge in [0.15, 0.2) is 0 Å². The molecule has 0 bridgehead atoms. The molecule has 0 radical (unpaired) electrons. The van der Waals surface area contributed by atoms with Gasteiger partial charge in [0.1, 0.15) is 0 Å². The molecule has 1 aromatic carbocycles. The minimum Gasteiger partial charge on any atom is -0.348 e. The highest BCUT2D eigenvalue weighted by atomic mass is 16.2. The lowest BCUT2D eigenvalue weighted by Crippen LogP contribution is -2.49. The normalized spacial score (nSPS) is 13.3. The summed E-state index contributed by atoms with van der Waals surface area (Å²) in [6.07, 6.45) is 0. The molecule has 0 saturated carbocycles. The number of benzene rings is 1. The van der Waals surface area contributed by atoms with Gasteiger partial charge >= 0.3 is 0 Å². The second-order valence-corrected chi connectivity index (χ2v) is 4.33. The highest BCUT2D eigenvalue weighted by molar-refractivity contribution is 5.85. The Balaban J connectivity index is 2.65. The van der Waals surface area contributed by atoms with Gasteiger partial charge in [0, 0.05) is 0 Å². The van der Waals surface area contributed by atoms with Gasteiger partial charge in [-0.2, -0.15) is 0 Å². The van der Waals surface area contributed by atoms with Gasteiger partial charge in [0.05, 0.1) is 11.6 Å². The first kappa shape index (κ1) is 11.7. The largest absolute Gasteiger partial charge is 0.348 e. The maximum atomic E-state index is 11.6. The molecular formula is C12H18N2O. The van der Waals surface area contributed by atoms with Crippen molar-refractivity contribution in [2.45, 2.75) is 32.4 Å². The Kier molecular flexibility index (Phi) is 3.48. The van der Waals surface area contributed by atoms with Gasteiger partial charge in [-0.1, -0.05) is 30.3 Å². The molecule has 1 atom stereocenters. The van der Waals surface area contributed by atoms with Crippen molar-refractivity contribution >= 4 is 5.91 Å². The van der Waals surface area contributed by atoms with E-state index in [0.29, 0.717) is 0 Å². The topological polar surface area (TPSA) is 55.1 Å². The Bertz CT molecular complexity index is 327. The van der Waals surface area contributed by atoms with E-state index >= 15 is 0 Å². The Morgan fingerprint density at radius 2 is 1.87 bits per heavy atom. The Morgan fingerprint density at radius 1 is 1.33 bits per heavy atom. The Morgan fingerprint density at radius 3 is 2.33 bits per heavy atom. The zero-order valence-electron chi connectivity index (χ0n) is 9.45. The van der Waals surface area contributed by atoms with Crippen LogP contribution in [0, 0.1) is 0 Å². The molecule has 3 N–H and O–H groups in total. The number of hydrogen-bond donors (Lipinski definition) is 2. The van der Waals surface area contributed by atoms with Crippen LogP contribution in [0.4, 0.5) is 0 Å². The van der Waals surface area contributed by atoms with Crippen molar-refractivity contribution in [1.82, 2.24) is 5.32 Å². The first-order chi connectivity index (χ1) is 6.91. The van der Waals surface area contributed by atoms with Gasteiger partial charge in [0.25, 0.3) is 0 Å². The summed E-state index contributed by atoms with van der Waals surface area (Å²) in [6.45, 7) is 5.33. The first-order valence-corrected chi connectivity index (χ1v) is 5.06. The lowest BCUT2D eigenvalue weighted by Gasteiger charge is -2.22. The van der Waals surface area contributed by atoms with E-state index in [2.05, 4.69) is 5.32 Å². The van der Waals surface area contributed by atoms with Crippen molar-refractivity contribution < 1.29 is 4.79 Å². The van der Waals surface area contributed by atoms with E-state index in [1.54, 1.807) is 13.8 Å². The van der Waals surface area contributed by atoms with Crippen molar-refractivity contribution in [2.75, 3.05) is 0 Å². The summed E-state index contributed by atoms with van der Waals surface area (Å²) in [5, 5.41) is 2.87. The summed E-state index contributed by atoms with van der Waals surface area (Å²) in [5.41, 5.74) is 5.94. The third kappa shape index (κ3) is 3.36. The van der Waals surface area contributed by atoms with Gasteiger partial charge in [-0.25, -0.2) is 0 Å². The summed E-state index contributed by atoms with van der Waals surface area (Å²) < 4.78 is 0. The van der Waals surface area contributed by atoms with Crippen molar-refractivity contribution in [1.29, 1.82) is 0 Å². The maximum Gasteiger partial charge on any atom is 0.239 e. The van der Waals surface area contributed by atoms with Crippen LogP contribution < -0.4 is 11.1 Å². The molecule has 0 aromatic heterocycles. The second-order valence-electron chi connectivity index (χ2n) is 4.33. The van der Waals surface area contributed by atoms with Crippen LogP contribution in [-0.2, 0) is 4.79 Å². The number of amides is 1. The SMILES string of the molecule is CC(NC(=O)C(C)(C)N)c1ccccc1. The number of nitrogens with two attached hydrogens (primary N) is 1. The molecule has 0 saturated heterocycles. The Hall–Kier alpha value is -1.35. The maximum absolute atomic E-state index is 11.6. The number of rotatable bonds is 3. The fraction of sp³-hybridized carbons (Fsp3) is 0.417. The average molecular weight is 206 g/mol. The van der Waals surface area contributed by atoms with E-state index in [0.717, 1.165) is 5.56 Å². The van der Waals surface area contributed by atoms with E-state index in [4.69, 9.17) is 5.73 Å². The molecule has 0 fully saturated rings. The lowest BCUT2D eigenvalue weighted by molar-refractivity contribution is -0.125. The van der Waals surface area contributed by atoms with Crippen LogP contribution in [0.1, 0.15) is 32.4 Å². The van der Waals surface area contributed by atoms with Crippen LogP contribution in [0.25, 0.3) is 0 Å². The van der Waals surface area contributed by atoms with Crippen LogP contribution in [-0.4, -0.2) is 11.4 Å². The molecule has 0 spiro atoms. The summed E-state index contributed by atoms with van der Waals surface area (Å²) in [5.74, 6) is -0.140. The van der Waals surface area contributed by atoms with E-state index in [1.807, 2.05) is 37.3 Å². The highest BCUT2D eigenvalue weighted by Crippen LogP contribution is 2.12. The average Bonchev–Trinajstić information content (AvgIpc) is 2.17. The van der Waals surface area contributed by atoms with E-state index in [-0.39, 0.29) is 11.9 Å². The van der Waals surface area contributed by atoms with Gasteiger partial charge in [-0.05, 0) is 26.3 Å². The molecular weight excluding hydrogens is 188 g/mol. The summed E-state index contributed by atoms with van der Waals surface area (Å²) >= 11 is 0. The van der Waals surface area contributed by atoms with Crippen LogP contribution in [0.15, 0.2) is 30.3 Å². The zero-order chi connectivity index (χ0) is 11.5. The van der Waals surface area contributed by atoms with Gasteiger partial charge in [-0.3, -0.25) is 4.79 Å². The lowest BCUT2D eigenvalue weighted by atomic mass is 10.0. The van der Waals surface area contributed by atoms with Crippen LogP contribution in [0.2, 0.25) is 0 Å². The third-order valence-corrected chi connectivity index (χ3v) is 2.23. The number of hydrogen-bond acceptors (Lipinski definition) is 2. The predicted molar refractivity (Wildman–Crippen MR) is 61.3 cm³/mol. The van der Waals surface area contributed by atoms with Crippen molar-refractivity contribution in [2.24, 2.45) is 5.73 Å². The summed E-state index contributed by atoms with van der Waals surface area (Å²) in [6, 6.07) is 9.80. The first-order valence-electron chi connectivity index (χ1n) is 5.06. The van der Waals surface area contributed by atoms with Crippen LogP contribution in [0.3, 0.4) is 0 Å². The van der Waals surface area contributed by atoms with Crippen molar-refractivity contribution in [3.63, 3.8) is 0 Å². The van der Waals surface area contributed by atoms with Gasteiger partial charge in [0.2, 0.25) is 5.91 Å². The monoisotopic (exact) mass is 206 g/mol. The van der Waals surface area contributed by atoms with Crippen LogP contribution in [0.5, 0.6) is 0 Å². The van der Waals surface area contributed by atoms with Crippen molar-refractivity contribution in [3.8, 4) is 0 Å². The summed E-state index contributed by atoms with van der Waals surface area (Å²) in [7, 11) is 0. The molecule has 1 unspecified atom stereocenters. The molecule has 0 aliphatic heterocycles. The fourth-order valence-electron chi connectivity index (χ4n) is 1.21. The Labute approximate surface area is 90.7 Å². The smallest absolute Gasteiger partial charge is 0.239 e. The standard InChI is InChI=1S/C12H18N2O/c1-9(10-7-5-4-6-8-10)14-11(15)12(2,3)13/h4-9H,13H2,1-3H3,(H,14,15). The number of carbonyl (C=O) groups is 1. The highest BCUT2D eigenvalue weighted by Gasteiger charge is 2.23. The molecule has 15 heavy (non-hydrogen) atoms. The molecule has 3 heteroatoms. The molecule has 1 amide bonds. The predicted octanol–water partition coefficient (Wildman–Crippen LogP) is 1.60. The van der Waals surface area contributed by atoms with Crippen LogP contribution >= 0.6 is 0 Å². The summed E-state index contributed by atoms with van der Waals surface area (Å²) in [4.78, 5) is 11.6. The molecule has 1 aromatic rings. The van der Waals surface area contributed by atoms with Crippen molar-refractivity contribution in [3.05, 3.63) is 35.9 Å². The molecule has 82 valence electrons. The van der Waals surface area contributed by atoms with Gasteiger partial charge in [-0.15, -0.1) is 0 Å². The quantitative estimate of drug-likeness (QED) is 0.789. The second kappa shape index (κ2) is 4.45. The number of carbonyl (C=O) groups excluding carboxylic acids is 1. The van der Waals surface area contributed by atoms with E-state index in [1.165, 1.54) is 0 Å². The minimum atomic E-state index is -0.830. The zero-order valence-corrected chi connectivity index (χ0v) is 9.45. The third-order valence-electron chi connectivity index (χ3n) is 2.23. The minimum absolute atomic E-state index is 0.0125. The number of nitrogens with one attached hydrogen (secondary N) is 1. The fourth-order valence-corrected chi connectivity index (χ4v) is 1.21. The van der Waals surface area contributed by atoms with E-state index in [9.17, 15) is 4.79 Å². The van der Waals surface area contributed by atoms with Gasteiger partial charge < -0.3 is 11.1 Å². The molecule has 0 heterocycles. The molecule has 3 nitrogen and oxygen atoms in total. The molecule has 0 aliphatic rings.